The SMILES string of the molecule is CCc1cc(O)c(F)cc1C1CCC2C(C1)NNC2c1nc2c([nH]1)CN(C)[C@H](C(=O)N1CC(N(C)C)C1)C2. The fourth-order valence-electron chi connectivity index (χ4n) is 6.98. The molecule has 2 aromatic rings. The van der Waals surface area contributed by atoms with Crippen molar-refractivity contribution in [1.29, 1.82) is 0 Å². The van der Waals surface area contributed by atoms with E-state index in [1.807, 2.05) is 18.9 Å². The Morgan fingerprint density at radius 3 is 2.76 bits per heavy atom. The van der Waals surface area contributed by atoms with Crippen LogP contribution in [0.1, 0.15) is 66.5 Å². The lowest BCUT2D eigenvalue weighted by Gasteiger charge is -2.45. The van der Waals surface area contributed by atoms with Crippen molar-refractivity contribution in [2.75, 3.05) is 34.2 Å². The Hall–Kier alpha value is -2.53. The number of carbonyl (C=O) groups is 1. The van der Waals surface area contributed by atoms with Gasteiger partial charge in [0.25, 0.3) is 0 Å². The molecule has 38 heavy (non-hydrogen) atoms. The number of hydrogen-bond donors (Lipinski definition) is 4. The number of rotatable bonds is 5. The number of likely N-dealkylation sites (N-methyl/N-ethyl adjacent to an activating group) is 2. The lowest BCUT2D eigenvalue weighted by Crippen LogP contribution is -2.63. The molecule has 1 aromatic carbocycles. The molecule has 9 nitrogen and oxygen atoms in total. The second-order valence-electron chi connectivity index (χ2n) is 11.9. The number of amides is 1. The van der Waals surface area contributed by atoms with Gasteiger partial charge in [0, 0.05) is 38.1 Å². The largest absolute Gasteiger partial charge is 0.505 e. The van der Waals surface area contributed by atoms with Crippen LogP contribution in [-0.4, -0.2) is 88.0 Å². The van der Waals surface area contributed by atoms with Gasteiger partial charge in [-0.1, -0.05) is 6.92 Å². The van der Waals surface area contributed by atoms with Crippen LogP contribution < -0.4 is 10.9 Å². The van der Waals surface area contributed by atoms with E-state index in [2.05, 4.69) is 39.7 Å². The third kappa shape index (κ3) is 4.41. The van der Waals surface area contributed by atoms with Gasteiger partial charge in [0.1, 0.15) is 5.82 Å². The minimum absolute atomic E-state index is 0.0736. The van der Waals surface area contributed by atoms with Crippen molar-refractivity contribution in [3.8, 4) is 5.75 Å². The van der Waals surface area contributed by atoms with Crippen molar-refractivity contribution < 1.29 is 14.3 Å². The van der Waals surface area contributed by atoms with Gasteiger partial charge in [0.15, 0.2) is 11.6 Å². The highest BCUT2D eigenvalue weighted by molar-refractivity contribution is 5.83. The fourth-order valence-corrected chi connectivity index (χ4v) is 6.98. The molecule has 5 atom stereocenters. The highest BCUT2D eigenvalue weighted by atomic mass is 19.1. The summed E-state index contributed by atoms with van der Waals surface area (Å²) in [7, 11) is 6.16. The molecule has 10 heteroatoms. The number of aromatic amines is 1. The van der Waals surface area contributed by atoms with E-state index in [9.17, 15) is 14.3 Å². The first-order valence-electron chi connectivity index (χ1n) is 14.0. The first-order chi connectivity index (χ1) is 18.2. The fraction of sp³-hybridized carbons (Fsp3) is 0.643. The molecule has 3 fully saturated rings. The lowest BCUT2D eigenvalue weighted by molar-refractivity contribution is -0.144. The molecule has 2 saturated heterocycles. The number of hydrogen-bond acceptors (Lipinski definition) is 7. The second kappa shape index (κ2) is 9.89. The van der Waals surface area contributed by atoms with E-state index in [0.29, 0.717) is 24.9 Å². The zero-order valence-electron chi connectivity index (χ0n) is 22.8. The summed E-state index contributed by atoms with van der Waals surface area (Å²) in [5.74, 6) is 0.981. The van der Waals surface area contributed by atoms with Gasteiger partial charge < -0.3 is 19.9 Å². The van der Waals surface area contributed by atoms with Crippen LogP contribution in [0.5, 0.6) is 5.75 Å². The topological polar surface area (TPSA) is 99.8 Å². The third-order valence-electron chi connectivity index (χ3n) is 9.48. The van der Waals surface area contributed by atoms with Gasteiger partial charge in [-0.15, -0.1) is 0 Å². The van der Waals surface area contributed by atoms with Crippen LogP contribution in [0.2, 0.25) is 0 Å². The predicted octanol–water partition coefficient (Wildman–Crippen LogP) is 2.05. The summed E-state index contributed by atoms with van der Waals surface area (Å²) in [4.78, 5) is 28.1. The number of aromatic nitrogens is 2. The second-order valence-corrected chi connectivity index (χ2v) is 11.9. The Morgan fingerprint density at radius 2 is 2.03 bits per heavy atom. The van der Waals surface area contributed by atoms with Crippen LogP contribution in [-0.2, 0) is 24.2 Å². The van der Waals surface area contributed by atoms with E-state index >= 15 is 0 Å². The Balaban J connectivity index is 1.13. The maximum absolute atomic E-state index is 14.2. The predicted molar refractivity (Wildman–Crippen MR) is 142 cm³/mol. The number of benzene rings is 1. The van der Waals surface area contributed by atoms with Crippen LogP contribution in [0, 0.1) is 11.7 Å². The van der Waals surface area contributed by atoms with Crippen LogP contribution in [0.15, 0.2) is 12.1 Å². The molecule has 4 N–H and O–H groups in total. The van der Waals surface area contributed by atoms with Crippen molar-refractivity contribution >= 4 is 5.91 Å². The van der Waals surface area contributed by atoms with E-state index in [-0.39, 0.29) is 35.7 Å². The number of phenolic OH excluding ortho intramolecular Hbond substituents is 1. The number of carbonyl (C=O) groups excluding carboxylic acids is 1. The van der Waals surface area contributed by atoms with Crippen molar-refractivity contribution in [3.05, 3.63) is 46.3 Å². The summed E-state index contributed by atoms with van der Waals surface area (Å²) >= 11 is 0. The van der Waals surface area contributed by atoms with E-state index in [1.54, 1.807) is 6.07 Å². The number of likely N-dealkylation sites (tertiary alicyclic amines) is 1. The molecule has 1 amide bonds. The number of halogens is 1. The molecule has 6 rings (SSSR count). The highest BCUT2D eigenvalue weighted by Gasteiger charge is 2.44. The number of nitrogens with one attached hydrogen (secondary N) is 3. The molecule has 1 aliphatic carbocycles. The normalized spacial score (nSPS) is 29.8. The standard InChI is InChI=1S/C28H40FN7O2/c1-5-15-9-25(37)20(29)10-19(15)16-6-7-18-21(8-16)32-33-26(18)27-30-22-11-24(35(4)14-23(22)31-27)28(38)36-12-17(13-36)34(2)3/h9-10,16-18,21,24,26,32-33,37H,5-8,11-14H2,1-4H3,(H,30,31)/t16?,18?,21?,24-,26?/m0/s1. The quantitative estimate of drug-likeness (QED) is 0.474. The number of fused-ring (bicyclic) bond motifs is 2. The van der Waals surface area contributed by atoms with E-state index < -0.39 is 5.82 Å². The van der Waals surface area contributed by atoms with E-state index in [4.69, 9.17) is 4.98 Å². The Bertz CT molecular complexity index is 1210. The molecule has 0 bridgehead atoms. The Morgan fingerprint density at radius 1 is 1.24 bits per heavy atom. The first-order valence-corrected chi connectivity index (χ1v) is 14.0. The van der Waals surface area contributed by atoms with Crippen molar-refractivity contribution in [1.82, 2.24) is 35.5 Å². The average molecular weight is 526 g/mol. The monoisotopic (exact) mass is 525 g/mol. The molecule has 4 unspecified atom stereocenters. The van der Waals surface area contributed by atoms with E-state index in [1.165, 1.54) is 6.07 Å². The summed E-state index contributed by atoms with van der Waals surface area (Å²) in [6.07, 6.45) is 4.29. The lowest BCUT2D eigenvalue weighted by atomic mass is 9.73. The summed E-state index contributed by atoms with van der Waals surface area (Å²) < 4.78 is 14.2. The van der Waals surface area contributed by atoms with Crippen molar-refractivity contribution in [2.24, 2.45) is 5.92 Å². The molecule has 0 spiro atoms. The molecule has 3 aliphatic heterocycles. The van der Waals surface area contributed by atoms with Crippen LogP contribution in [0.4, 0.5) is 4.39 Å². The number of H-pyrrole nitrogens is 1. The molecule has 1 aromatic heterocycles. The molecular weight excluding hydrogens is 485 g/mol. The zero-order chi connectivity index (χ0) is 26.7. The van der Waals surface area contributed by atoms with Gasteiger partial charge in [-0.05, 0) is 81.9 Å². The minimum atomic E-state index is -0.538. The van der Waals surface area contributed by atoms with Crippen LogP contribution in [0.25, 0.3) is 0 Å². The van der Waals surface area contributed by atoms with Gasteiger partial charge in [0.05, 0.1) is 23.5 Å². The van der Waals surface area contributed by atoms with Crippen LogP contribution in [0.3, 0.4) is 0 Å². The van der Waals surface area contributed by atoms with Crippen LogP contribution >= 0.6 is 0 Å². The third-order valence-corrected chi connectivity index (χ3v) is 9.48. The molecule has 0 radical (unpaired) electrons. The summed E-state index contributed by atoms with van der Waals surface area (Å²) in [6.45, 7) is 4.33. The summed E-state index contributed by atoms with van der Waals surface area (Å²) in [5.41, 5.74) is 11.2. The van der Waals surface area contributed by atoms with Crippen molar-refractivity contribution in [3.63, 3.8) is 0 Å². The molecular formula is C28H40FN7O2. The maximum atomic E-state index is 14.2. The number of nitrogens with zero attached hydrogens (tertiary/aromatic N) is 4. The number of phenols is 1. The van der Waals surface area contributed by atoms with Gasteiger partial charge in [0.2, 0.25) is 5.91 Å². The van der Waals surface area contributed by atoms with Crippen molar-refractivity contribution in [2.45, 2.75) is 75.7 Å². The number of imidazole rings is 1. The number of aromatic hydroxyl groups is 1. The molecule has 4 heterocycles. The Kier molecular flexibility index (Phi) is 6.70. The highest BCUT2D eigenvalue weighted by Crippen LogP contribution is 2.44. The smallest absolute Gasteiger partial charge is 0.240 e. The van der Waals surface area contributed by atoms with Gasteiger partial charge in [-0.25, -0.2) is 14.8 Å². The molecule has 206 valence electrons. The Labute approximate surface area is 223 Å². The number of aryl methyl sites for hydroxylation is 1. The minimum Gasteiger partial charge on any atom is -0.505 e. The summed E-state index contributed by atoms with van der Waals surface area (Å²) in [6, 6.07) is 3.74. The first kappa shape index (κ1) is 25.7. The number of hydrazine groups is 1. The van der Waals surface area contributed by atoms with Gasteiger partial charge >= 0.3 is 0 Å². The van der Waals surface area contributed by atoms with Gasteiger partial charge in [-0.2, -0.15) is 0 Å². The molecule has 1 saturated carbocycles. The maximum Gasteiger partial charge on any atom is 0.240 e. The summed E-state index contributed by atoms with van der Waals surface area (Å²) in [5, 5.41) is 9.84. The zero-order valence-corrected chi connectivity index (χ0v) is 22.8. The average Bonchev–Trinajstić information content (AvgIpc) is 3.46. The molecule has 4 aliphatic rings. The van der Waals surface area contributed by atoms with Gasteiger partial charge in [-0.3, -0.25) is 15.1 Å². The van der Waals surface area contributed by atoms with E-state index in [0.717, 1.165) is 67.1 Å².